The van der Waals surface area contributed by atoms with Crippen molar-refractivity contribution in [2.45, 2.75) is 31.6 Å². The van der Waals surface area contributed by atoms with Gasteiger partial charge in [-0.25, -0.2) is 19.9 Å². The molecular weight excluding hydrogens is 884 g/mol. The fourth-order valence-corrected chi connectivity index (χ4v) is 4.63. The summed E-state index contributed by atoms with van der Waals surface area (Å²) >= 11 is 0. The van der Waals surface area contributed by atoms with E-state index in [1.807, 2.05) is 0 Å². The van der Waals surface area contributed by atoms with Crippen LogP contribution in [0.2, 0.25) is 0 Å². The van der Waals surface area contributed by atoms with Crippen LogP contribution in [-0.2, 0) is 24.7 Å². The van der Waals surface area contributed by atoms with Crippen molar-refractivity contribution in [3.8, 4) is 40.6 Å². The second-order valence-corrected chi connectivity index (χ2v) is 11.9. The van der Waals surface area contributed by atoms with Crippen molar-refractivity contribution < 1.29 is 81.8 Å². The molecule has 0 fully saturated rings. The fraction of sp³-hybridized carbons (Fsp3) is 0.135. The minimum atomic E-state index is -5.01. The molecule has 0 unspecified atom stereocenters. The van der Waals surface area contributed by atoms with E-state index in [1.165, 1.54) is 24.5 Å². The largest absolute Gasteiger partial charge is 0.508 e. The molecule has 2 heterocycles. The Morgan fingerprint density at radius 1 is 0.492 bits per heavy atom. The number of phenols is 1. The molecule has 0 atom stereocenters. The first-order valence-corrected chi connectivity index (χ1v) is 16.6. The van der Waals surface area contributed by atoms with Crippen molar-refractivity contribution in [2.75, 3.05) is 0 Å². The van der Waals surface area contributed by atoms with Gasteiger partial charge in [-0.3, -0.25) is 20.2 Å². The molecule has 0 saturated heterocycles. The number of aryl methyl sites for hydroxylation is 1. The highest BCUT2D eigenvalue weighted by atomic mass is 19.4. The molecule has 4 aromatic carbocycles. The second-order valence-electron chi connectivity index (χ2n) is 11.9. The lowest BCUT2D eigenvalue weighted by molar-refractivity contribution is -0.388. The van der Waals surface area contributed by atoms with Crippen molar-refractivity contribution in [1.82, 2.24) is 19.9 Å². The second kappa shape index (κ2) is 19.3. The van der Waals surface area contributed by atoms with E-state index < -0.39 is 79.7 Å². The monoisotopic (exact) mass is 906 g/mol. The Kier molecular flexibility index (Phi) is 14.7. The van der Waals surface area contributed by atoms with E-state index in [-0.39, 0.29) is 29.1 Å². The van der Waals surface area contributed by atoms with Crippen LogP contribution < -0.4 is 14.2 Å². The van der Waals surface area contributed by atoms with Crippen LogP contribution in [0.1, 0.15) is 27.9 Å². The third-order valence-electron chi connectivity index (χ3n) is 7.34. The number of nitro benzene ring substituents is 2. The van der Waals surface area contributed by atoms with Crippen LogP contribution in [0, 0.1) is 27.2 Å². The summed E-state index contributed by atoms with van der Waals surface area (Å²) in [6, 6.07) is 14.9. The Balaban J connectivity index is 0.000000230. The lowest BCUT2D eigenvalue weighted by atomic mass is 10.1. The van der Waals surface area contributed by atoms with Gasteiger partial charge >= 0.3 is 24.7 Å². The van der Waals surface area contributed by atoms with Crippen LogP contribution >= 0.6 is 0 Å². The summed E-state index contributed by atoms with van der Waals surface area (Å²) in [6.45, 7) is 1.74. The maximum absolute atomic E-state index is 13.1. The number of aromatic nitrogens is 4. The van der Waals surface area contributed by atoms with Gasteiger partial charge in [-0.1, -0.05) is 12.1 Å². The predicted molar refractivity (Wildman–Crippen MR) is 190 cm³/mol. The minimum Gasteiger partial charge on any atom is -0.508 e. The highest BCUT2D eigenvalue weighted by Gasteiger charge is 2.40. The molecule has 6 rings (SSSR count). The van der Waals surface area contributed by atoms with Crippen LogP contribution in [0.25, 0.3) is 0 Å². The molecule has 6 aromatic rings. The lowest BCUT2D eigenvalue weighted by Crippen LogP contribution is -2.09. The van der Waals surface area contributed by atoms with Crippen molar-refractivity contribution in [1.29, 1.82) is 0 Å². The zero-order valence-corrected chi connectivity index (χ0v) is 30.9. The number of benzene rings is 4. The fourth-order valence-electron chi connectivity index (χ4n) is 4.63. The molecule has 0 aliphatic carbocycles. The van der Waals surface area contributed by atoms with Gasteiger partial charge in [0.1, 0.15) is 46.8 Å². The first-order valence-electron chi connectivity index (χ1n) is 16.6. The zero-order valence-electron chi connectivity index (χ0n) is 30.9. The molecule has 0 radical (unpaired) electrons. The maximum Gasteiger partial charge on any atom is 0.423 e. The first kappa shape index (κ1) is 47.9. The number of aromatic hydroxyl groups is 1. The Labute approximate surface area is 343 Å². The summed E-state index contributed by atoms with van der Waals surface area (Å²) in [7, 11) is 0. The smallest absolute Gasteiger partial charge is 0.423 e. The third-order valence-corrected chi connectivity index (χ3v) is 7.34. The van der Waals surface area contributed by atoms with Crippen LogP contribution in [0.5, 0.6) is 40.6 Å². The van der Waals surface area contributed by atoms with E-state index >= 15 is 0 Å². The average molecular weight is 907 g/mol. The number of phenolic OH excluding ortho intramolecular Hbond substituents is 1. The quantitative estimate of drug-likeness (QED) is 0.0866. The minimum absolute atomic E-state index is 0.0860. The van der Waals surface area contributed by atoms with Gasteiger partial charge in [-0.2, -0.15) is 52.7 Å². The number of nitrogens with zero attached hydrogens (tertiary/aromatic N) is 6. The zero-order chi connectivity index (χ0) is 46.9. The summed E-state index contributed by atoms with van der Waals surface area (Å²) < 4.78 is 167. The Morgan fingerprint density at radius 3 is 1.30 bits per heavy atom. The third kappa shape index (κ3) is 14.1. The number of hydrogen-bond donors (Lipinski definition) is 1. The van der Waals surface area contributed by atoms with Gasteiger partial charge in [0.2, 0.25) is 17.6 Å². The summed E-state index contributed by atoms with van der Waals surface area (Å²) in [6.07, 6.45) is -16.6. The topological polar surface area (TPSA) is 186 Å². The summed E-state index contributed by atoms with van der Waals surface area (Å²) in [5, 5.41) is 29.8. The molecule has 0 spiro atoms. The van der Waals surface area contributed by atoms with Crippen molar-refractivity contribution in [3.63, 3.8) is 0 Å². The molecule has 14 nitrogen and oxygen atoms in total. The highest BCUT2D eigenvalue weighted by Crippen LogP contribution is 2.40. The molecular formula is C37H22F12N6O8. The van der Waals surface area contributed by atoms with Crippen LogP contribution in [0.3, 0.4) is 0 Å². The number of rotatable bonds is 8. The van der Waals surface area contributed by atoms with E-state index in [2.05, 4.69) is 19.9 Å². The van der Waals surface area contributed by atoms with E-state index in [1.54, 1.807) is 13.0 Å². The number of hydrogen-bond acceptors (Lipinski definition) is 12. The number of nitro groups is 2. The molecule has 63 heavy (non-hydrogen) atoms. The van der Waals surface area contributed by atoms with E-state index in [4.69, 9.17) is 19.3 Å². The Bertz CT molecular complexity index is 2570. The van der Waals surface area contributed by atoms with Gasteiger partial charge in [0, 0.05) is 30.0 Å². The molecule has 332 valence electrons. The molecule has 0 bridgehead atoms. The number of halogens is 12. The van der Waals surface area contributed by atoms with Crippen LogP contribution in [0.15, 0.2) is 110 Å². The highest BCUT2D eigenvalue weighted by molar-refractivity contribution is 5.48. The van der Waals surface area contributed by atoms with Gasteiger partial charge < -0.3 is 19.3 Å². The van der Waals surface area contributed by atoms with Crippen molar-refractivity contribution in [3.05, 3.63) is 158 Å². The SMILES string of the molecule is Cc1cc(Oc2cccc(C(F)(F)F)c2)ncn1.O=[N+]([O-])c1ccc(O)cc1C(F)(F)F.O=[N+]([O-])c1ccc(Oc2cc(Oc3cccc(C(F)(F)F)c3)ncn2)cc1C(F)(F)F. The molecule has 0 aliphatic heterocycles. The van der Waals surface area contributed by atoms with Gasteiger partial charge in [-0.15, -0.1) is 0 Å². The van der Waals surface area contributed by atoms with Gasteiger partial charge in [-0.05, 0) is 61.5 Å². The van der Waals surface area contributed by atoms with Gasteiger partial charge in [0.15, 0.2) is 0 Å². The molecule has 2 aromatic heterocycles. The molecule has 0 saturated carbocycles. The Morgan fingerprint density at radius 2 is 0.889 bits per heavy atom. The van der Waals surface area contributed by atoms with E-state index in [0.29, 0.717) is 30.0 Å². The molecule has 1 N–H and O–H groups in total. The normalized spacial score (nSPS) is 11.6. The lowest BCUT2D eigenvalue weighted by Gasteiger charge is -2.11. The van der Waals surface area contributed by atoms with Crippen molar-refractivity contribution >= 4 is 11.4 Å². The van der Waals surface area contributed by atoms with E-state index in [9.17, 15) is 72.9 Å². The van der Waals surface area contributed by atoms with Gasteiger partial charge in [0.05, 0.1) is 27.0 Å². The maximum atomic E-state index is 13.1. The summed E-state index contributed by atoms with van der Waals surface area (Å²) in [5.41, 5.74) is -6.25. The molecule has 0 aliphatic rings. The van der Waals surface area contributed by atoms with Crippen LogP contribution in [0.4, 0.5) is 64.1 Å². The van der Waals surface area contributed by atoms with Crippen molar-refractivity contribution in [2.24, 2.45) is 0 Å². The number of ether oxygens (including phenoxy) is 3. The predicted octanol–water partition coefficient (Wildman–Crippen LogP) is 11.9. The van der Waals surface area contributed by atoms with Gasteiger partial charge in [0.25, 0.3) is 11.4 Å². The number of alkyl halides is 12. The van der Waals surface area contributed by atoms with Crippen LogP contribution in [-0.4, -0.2) is 34.9 Å². The average Bonchev–Trinajstić information content (AvgIpc) is 3.17. The first-order chi connectivity index (χ1) is 29.2. The van der Waals surface area contributed by atoms with E-state index in [0.717, 1.165) is 54.9 Å². The summed E-state index contributed by atoms with van der Waals surface area (Å²) in [5.74, 6) is -1.54. The Hall–Kier alpha value is -7.80. The molecule has 26 heteroatoms. The molecule has 0 amide bonds. The standard InChI is InChI=1S/C18H9F6N3O4.C12H9F3N2O.C7H4F3NO3/c19-17(20,21)10-2-1-3-11(6-10)30-15-8-16(26-9-25-15)31-12-4-5-14(27(28)29)13(7-12)18(22,23)24;1-8-5-11(17-7-16-8)18-10-4-2-3-9(6-10)12(13,14)15;8-7(9,10)5-3-4(12)1-2-6(5)11(13)14/h1-9H;2-7H,1H3;1-3,12H. The summed E-state index contributed by atoms with van der Waals surface area (Å²) in [4.78, 5) is 33.7.